The number of anilines is 3. The van der Waals surface area contributed by atoms with Crippen LogP contribution < -0.4 is 16.4 Å². The normalized spacial score (nSPS) is 19.0. The molecule has 1 aliphatic rings. The number of carboxylic acid groups (broad SMARTS) is 1. The molecule has 1 saturated carbocycles. The highest BCUT2D eigenvalue weighted by molar-refractivity contribution is 5.93. The van der Waals surface area contributed by atoms with Crippen molar-refractivity contribution in [1.82, 2.24) is 25.0 Å². The molecule has 0 saturated heterocycles. The van der Waals surface area contributed by atoms with Gasteiger partial charge in [0.25, 0.3) is 0 Å². The average Bonchev–Trinajstić information content (AvgIpc) is 3.15. The van der Waals surface area contributed by atoms with Crippen molar-refractivity contribution in [2.75, 3.05) is 10.6 Å². The van der Waals surface area contributed by atoms with Crippen LogP contribution >= 0.6 is 0 Å². The number of carbonyl (C=O) groups is 1. The molecule has 164 valence electrons. The summed E-state index contributed by atoms with van der Waals surface area (Å²) in [5, 5.41) is 34.0. The summed E-state index contributed by atoms with van der Waals surface area (Å²) < 4.78 is 1.71. The summed E-state index contributed by atoms with van der Waals surface area (Å²) in [5.41, 5.74) is 7.28. The number of phenols is 1. The molecule has 0 atom stereocenters. The summed E-state index contributed by atoms with van der Waals surface area (Å²) in [5.74, 6) is -0.696. The Bertz CT molecular complexity index is 1110. The number of benzene rings is 1. The van der Waals surface area contributed by atoms with E-state index in [1.165, 1.54) is 12.1 Å². The Kier molecular flexibility index (Phi) is 5.59. The fraction of sp³-hybridized carbons (Fsp3) is 0.450. The van der Waals surface area contributed by atoms with E-state index in [1.54, 1.807) is 10.7 Å². The van der Waals surface area contributed by atoms with Crippen molar-refractivity contribution in [2.45, 2.75) is 57.7 Å². The third kappa shape index (κ3) is 4.36. The number of nitrogens with two attached hydrogens (primary N) is 1. The third-order valence-corrected chi connectivity index (χ3v) is 5.41. The molecule has 0 unspecified atom stereocenters. The lowest BCUT2D eigenvalue weighted by atomic mass is 9.92. The van der Waals surface area contributed by atoms with Gasteiger partial charge in [0.2, 0.25) is 5.95 Å². The number of aromatic hydroxyl groups is 1. The smallest absolute Gasteiger partial charge is 0.339 e. The van der Waals surface area contributed by atoms with E-state index in [2.05, 4.69) is 30.9 Å². The predicted octanol–water partition coefficient (Wildman–Crippen LogP) is 2.63. The second-order valence-electron chi connectivity index (χ2n) is 8.11. The fourth-order valence-corrected chi connectivity index (χ4v) is 3.70. The second-order valence-corrected chi connectivity index (χ2v) is 8.11. The second kappa shape index (κ2) is 8.34. The van der Waals surface area contributed by atoms with Gasteiger partial charge in [-0.15, -0.1) is 5.10 Å². The Labute approximate surface area is 178 Å². The number of nitrogens with zero attached hydrogens (tertiary/aromatic N) is 5. The van der Waals surface area contributed by atoms with Crippen molar-refractivity contribution < 1.29 is 15.0 Å². The Hall–Kier alpha value is -3.47. The Morgan fingerprint density at radius 3 is 2.65 bits per heavy atom. The minimum atomic E-state index is -1.22. The summed E-state index contributed by atoms with van der Waals surface area (Å²) in [6, 6.07) is 4.73. The Morgan fingerprint density at radius 1 is 1.23 bits per heavy atom. The van der Waals surface area contributed by atoms with Crippen molar-refractivity contribution in [3.05, 3.63) is 23.8 Å². The van der Waals surface area contributed by atoms with Gasteiger partial charge in [0.1, 0.15) is 11.3 Å². The maximum absolute atomic E-state index is 11.4. The zero-order chi connectivity index (χ0) is 22.1. The lowest BCUT2D eigenvalue weighted by Crippen LogP contribution is -2.33. The van der Waals surface area contributed by atoms with Gasteiger partial charge in [-0.1, -0.05) is 5.21 Å². The zero-order valence-corrected chi connectivity index (χ0v) is 17.4. The van der Waals surface area contributed by atoms with E-state index in [0.717, 1.165) is 25.7 Å². The predicted molar refractivity (Wildman–Crippen MR) is 116 cm³/mol. The summed E-state index contributed by atoms with van der Waals surface area (Å²) in [6.45, 7) is 3.97. The van der Waals surface area contributed by atoms with Crippen molar-refractivity contribution in [1.29, 1.82) is 0 Å². The molecule has 1 fully saturated rings. The van der Waals surface area contributed by atoms with Gasteiger partial charge in [0.15, 0.2) is 17.0 Å². The number of rotatable bonds is 6. The first-order chi connectivity index (χ1) is 14.8. The van der Waals surface area contributed by atoms with Crippen LogP contribution in [0.15, 0.2) is 18.2 Å². The number of nitrogens with one attached hydrogen (secondary N) is 2. The molecule has 0 amide bonds. The van der Waals surface area contributed by atoms with Gasteiger partial charge in [0.05, 0.1) is 6.04 Å². The van der Waals surface area contributed by atoms with E-state index >= 15 is 0 Å². The summed E-state index contributed by atoms with van der Waals surface area (Å²) in [6.07, 6.45) is 3.77. The van der Waals surface area contributed by atoms with Crippen LogP contribution in [-0.4, -0.2) is 53.2 Å². The van der Waals surface area contributed by atoms with Crippen LogP contribution in [0.3, 0.4) is 0 Å². The van der Waals surface area contributed by atoms with Crippen LogP contribution in [0.25, 0.3) is 11.2 Å². The number of carboxylic acids is 1. The van der Waals surface area contributed by atoms with Crippen molar-refractivity contribution >= 4 is 34.6 Å². The molecule has 31 heavy (non-hydrogen) atoms. The van der Waals surface area contributed by atoms with Crippen LogP contribution in [0.2, 0.25) is 0 Å². The fourth-order valence-electron chi connectivity index (χ4n) is 3.70. The van der Waals surface area contributed by atoms with Gasteiger partial charge in [-0.3, -0.25) is 0 Å². The van der Waals surface area contributed by atoms with Crippen LogP contribution in [0, 0.1) is 0 Å². The van der Waals surface area contributed by atoms with Crippen LogP contribution in [0.4, 0.5) is 17.5 Å². The van der Waals surface area contributed by atoms with Crippen molar-refractivity contribution in [2.24, 2.45) is 5.73 Å². The largest absolute Gasteiger partial charge is 0.507 e. The molecule has 6 N–H and O–H groups in total. The van der Waals surface area contributed by atoms with Gasteiger partial charge in [-0.25, -0.2) is 9.48 Å². The molecule has 2 aromatic heterocycles. The monoisotopic (exact) mass is 426 g/mol. The Morgan fingerprint density at radius 2 is 1.97 bits per heavy atom. The van der Waals surface area contributed by atoms with Crippen LogP contribution in [-0.2, 0) is 0 Å². The molecule has 0 radical (unpaired) electrons. The molecule has 11 nitrogen and oxygen atoms in total. The van der Waals surface area contributed by atoms with Crippen molar-refractivity contribution in [3.63, 3.8) is 0 Å². The maximum atomic E-state index is 11.4. The van der Waals surface area contributed by atoms with E-state index in [9.17, 15) is 15.0 Å². The molecular formula is C20H26N8O3. The number of fused-ring (bicyclic) bond motifs is 1. The molecule has 0 aliphatic heterocycles. The SMILES string of the molecule is CC(C)n1nnc2c(Nc3ccc(O)c(C(=O)O)c3)nc(NC3CCC(N)CC3)nc21. The number of aromatic carboxylic acids is 1. The van der Waals surface area contributed by atoms with E-state index < -0.39 is 5.97 Å². The van der Waals surface area contributed by atoms with Gasteiger partial charge in [0, 0.05) is 17.8 Å². The van der Waals surface area contributed by atoms with Crippen LogP contribution in [0.5, 0.6) is 5.75 Å². The Balaban J connectivity index is 1.71. The zero-order valence-electron chi connectivity index (χ0n) is 17.4. The lowest BCUT2D eigenvalue weighted by molar-refractivity contribution is 0.0694. The molecule has 11 heteroatoms. The summed E-state index contributed by atoms with van der Waals surface area (Å²) in [7, 11) is 0. The highest BCUT2D eigenvalue weighted by atomic mass is 16.4. The molecule has 0 spiro atoms. The number of hydrogen-bond acceptors (Lipinski definition) is 9. The first-order valence-electron chi connectivity index (χ1n) is 10.3. The standard InChI is InChI=1S/C20H26N8O3/c1-10(2)28-18-16(26-27-28)17(22-13-7-8-15(29)14(9-13)19(30)31)24-20(25-18)23-12-5-3-11(21)4-6-12/h7-12,29H,3-6,21H2,1-2H3,(H,30,31)(H2,22,23,24,25). The van der Waals surface area contributed by atoms with E-state index in [1.807, 2.05) is 13.8 Å². The molecule has 2 heterocycles. The number of aromatic nitrogens is 5. The maximum Gasteiger partial charge on any atom is 0.339 e. The quantitative estimate of drug-likeness (QED) is 0.370. The van der Waals surface area contributed by atoms with Gasteiger partial charge < -0.3 is 26.6 Å². The van der Waals surface area contributed by atoms with Gasteiger partial charge >= 0.3 is 5.97 Å². The molecule has 0 bridgehead atoms. The van der Waals surface area contributed by atoms with Crippen molar-refractivity contribution in [3.8, 4) is 5.75 Å². The molecule has 3 aromatic rings. The summed E-state index contributed by atoms with van der Waals surface area (Å²) in [4.78, 5) is 20.6. The average molecular weight is 426 g/mol. The molecule has 1 aromatic carbocycles. The minimum absolute atomic E-state index is 0.0422. The minimum Gasteiger partial charge on any atom is -0.507 e. The van der Waals surface area contributed by atoms with Crippen LogP contribution in [0.1, 0.15) is 55.9 Å². The first-order valence-corrected chi connectivity index (χ1v) is 10.3. The van der Waals surface area contributed by atoms with Gasteiger partial charge in [-0.2, -0.15) is 9.97 Å². The number of hydrogen-bond donors (Lipinski definition) is 5. The topological polar surface area (TPSA) is 164 Å². The summed E-state index contributed by atoms with van der Waals surface area (Å²) >= 11 is 0. The molecular weight excluding hydrogens is 400 g/mol. The van der Waals surface area contributed by atoms with Gasteiger partial charge in [-0.05, 0) is 57.7 Å². The first kappa shape index (κ1) is 20.8. The van der Waals surface area contributed by atoms with E-state index in [-0.39, 0.29) is 29.4 Å². The van der Waals surface area contributed by atoms with E-state index in [0.29, 0.717) is 28.6 Å². The molecule has 4 rings (SSSR count). The third-order valence-electron chi connectivity index (χ3n) is 5.41. The van der Waals surface area contributed by atoms with E-state index in [4.69, 9.17) is 5.73 Å². The molecule has 1 aliphatic carbocycles. The lowest BCUT2D eigenvalue weighted by Gasteiger charge is -2.26. The highest BCUT2D eigenvalue weighted by Gasteiger charge is 2.22. The highest BCUT2D eigenvalue weighted by Crippen LogP contribution is 2.29.